The van der Waals surface area contributed by atoms with E-state index in [1.165, 1.54) is 28.5 Å². The minimum absolute atomic E-state index is 0.133. The van der Waals surface area contributed by atoms with Crippen LogP contribution in [0.1, 0.15) is 21.7 Å². The van der Waals surface area contributed by atoms with Gasteiger partial charge in [0.15, 0.2) is 10.8 Å². The number of benzene rings is 1. The summed E-state index contributed by atoms with van der Waals surface area (Å²) in [6, 6.07) is 17.0. The number of hydrogen-bond donors (Lipinski definition) is 1. The largest absolute Gasteiger partial charge is 0.340 e. The number of pyridine rings is 1. The van der Waals surface area contributed by atoms with Crippen LogP contribution in [0.5, 0.6) is 0 Å². The van der Waals surface area contributed by atoms with Gasteiger partial charge in [0, 0.05) is 34.5 Å². The van der Waals surface area contributed by atoms with Crippen molar-refractivity contribution in [3.05, 3.63) is 94.1 Å². The van der Waals surface area contributed by atoms with Gasteiger partial charge in [-0.05, 0) is 59.1 Å². The fourth-order valence-corrected chi connectivity index (χ4v) is 8.51. The van der Waals surface area contributed by atoms with E-state index in [0.29, 0.717) is 12.0 Å². The van der Waals surface area contributed by atoms with Crippen LogP contribution in [0.15, 0.2) is 88.7 Å². The number of fused-ring (bicyclic) bond motifs is 1. The molecule has 1 aromatic carbocycles. The van der Waals surface area contributed by atoms with Gasteiger partial charge in [-0.3, -0.25) is 14.4 Å². The van der Waals surface area contributed by atoms with Crippen molar-refractivity contribution in [1.82, 2.24) is 19.5 Å². The summed E-state index contributed by atoms with van der Waals surface area (Å²) in [5.74, 6) is -1.14. The Morgan fingerprint density at radius 3 is 2.46 bits per heavy atom. The summed E-state index contributed by atoms with van der Waals surface area (Å²) in [5, 5.41) is 6.64. The maximum absolute atomic E-state index is 13.9. The van der Waals surface area contributed by atoms with E-state index < -0.39 is 40.0 Å². The second-order valence-corrected chi connectivity index (χ2v) is 13.7. The molecule has 0 spiro atoms. The molecule has 210 valence electrons. The Morgan fingerprint density at radius 1 is 1.00 bits per heavy atom. The molecule has 6 rings (SSSR count). The molecule has 3 atom stereocenters. The van der Waals surface area contributed by atoms with Crippen LogP contribution in [-0.4, -0.2) is 71.4 Å². The highest BCUT2D eigenvalue weighted by atomic mass is 32.2. The van der Waals surface area contributed by atoms with Crippen molar-refractivity contribution in [2.45, 2.75) is 36.0 Å². The third kappa shape index (κ3) is 5.35. The molecule has 2 aliphatic heterocycles. The van der Waals surface area contributed by atoms with Crippen LogP contribution in [-0.2, 0) is 26.0 Å². The minimum Gasteiger partial charge on any atom is -0.340 e. The van der Waals surface area contributed by atoms with Crippen LogP contribution in [0.4, 0.5) is 0 Å². The Bertz CT molecular complexity index is 1660. The lowest BCUT2D eigenvalue weighted by molar-refractivity contribution is -0.138. The quantitative estimate of drug-likeness (QED) is 0.329. The topological polar surface area (TPSA) is 117 Å². The first-order chi connectivity index (χ1) is 19.8. The smallest absolute Gasteiger partial charge is 0.261 e. The molecule has 41 heavy (non-hydrogen) atoms. The zero-order valence-electron chi connectivity index (χ0n) is 21.8. The summed E-state index contributed by atoms with van der Waals surface area (Å²) in [4.78, 5) is 47.8. The molecular formula is C29H26N4O5S3. The predicted octanol–water partition coefficient (Wildman–Crippen LogP) is 3.46. The first kappa shape index (κ1) is 27.5. The molecule has 12 heteroatoms. The number of hydrogen-bond acceptors (Lipinski definition) is 8. The van der Waals surface area contributed by atoms with Crippen molar-refractivity contribution >= 4 is 50.3 Å². The fourth-order valence-electron chi connectivity index (χ4n) is 5.46. The van der Waals surface area contributed by atoms with Gasteiger partial charge in [-0.15, -0.1) is 22.7 Å². The van der Waals surface area contributed by atoms with Crippen LogP contribution in [0.2, 0.25) is 0 Å². The maximum Gasteiger partial charge on any atom is 0.261 e. The van der Waals surface area contributed by atoms with E-state index in [1.54, 1.807) is 35.6 Å². The number of thiophene rings is 2. The average Bonchev–Trinajstić information content (AvgIpc) is 3.80. The van der Waals surface area contributed by atoms with Gasteiger partial charge in [0.05, 0.1) is 12.6 Å². The third-order valence-electron chi connectivity index (χ3n) is 7.41. The Morgan fingerprint density at radius 2 is 1.78 bits per heavy atom. The van der Waals surface area contributed by atoms with Crippen LogP contribution < -0.4 is 5.32 Å². The number of nitrogens with one attached hydrogen (secondary N) is 1. The van der Waals surface area contributed by atoms with Gasteiger partial charge in [0.1, 0.15) is 12.1 Å². The molecule has 4 aromatic rings. The number of carbonyl (C=O) groups excluding carboxylic acids is 3. The molecule has 2 aliphatic rings. The van der Waals surface area contributed by atoms with E-state index in [9.17, 15) is 22.8 Å². The predicted molar refractivity (Wildman–Crippen MR) is 156 cm³/mol. The number of nitrogens with zero attached hydrogens (tertiary/aromatic N) is 3. The molecule has 2 amide bonds. The molecule has 9 nitrogen and oxygen atoms in total. The van der Waals surface area contributed by atoms with E-state index >= 15 is 0 Å². The average molecular weight is 607 g/mol. The lowest BCUT2D eigenvalue weighted by atomic mass is 10.1. The first-order valence-corrected chi connectivity index (χ1v) is 16.3. The zero-order chi connectivity index (χ0) is 28.6. The second kappa shape index (κ2) is 11.3. The second-order valence-electron chi connectivity index (χ2n) is 9.88. The molecule has 5 heterocycles. The van der Waals surface area contributed by atoms with Crippen molar-refractivity contribution in [1.29, 1.82) is 0 Å². The van der Waals surface area contributed by atoms with Gasteiger partial charge in [0.2, 0.25) is 5.91 Å². The van der Waals surface area contributed by atoms with E-state index in [2.05, 4.69) is 10.3 Å². The van der Waals surface area contributed by atoms with Crippen LogP contribution in [0.3, 0.4) is 0 Å². The van der Waals surface area contributed by atoms with Gasteiger partial charge in [-0.1, -0.05) is 30.3 Å². The summed E-state index contributed by atoms with van der Waals surface area (Å²) in [6.07, 6.45) is 1.96. The number of ketones is 1. The molecule has 0 aliphatic carbocycles. The van der Waals surface area contributed by atoms with Gasteiger partial charge in [-0.25, -0.2) is 13.4 Å². The number of likely N-dealkylation sites (tertiary alicyclic amines) is 1. The first-order valence-electron chi connectivity index (χ1n) is 13.1. The summed E-state index contributed by atoms with van der Waals surface area (Å²) in [5.41, 5.74) is 1.41. The SMILES string of the molecule is O=C(NC(Cc1cccs1)C(=O)N1CCC2C1C(=O)CN2S(=O)(=O)c1ccccn1)c1ccc(-c2cccs2)cc1. The fraction of sp³-hybridized carbons (Fsp3) is 0.241. The van der Waals surface area contributed by atoms with Crippen molar-refractivity contribution in [2.24, 2.45) is 0 Å². The van der Waals surface area contributed by atoms with Gasteiger partial charge >= 0.3 is 0 Å². The molecule has 2 fully saturated rings. The van der Waals surface area contributed by atoms with Gasteiger partial charge < -0.3 is 10.2 Å². The van der Waals surface area contributed by atoms with E-state index in [-0.39, 0.29) is 30.3 Å². The molecule has 0 bridgehead atoms. The Hall–Kier alpha value is -3.71. The Balaban J connectivity index is 1.22. The molecule has 1 N–H and O–H groups in total. The summed E-state index contributed by atoms with van der Waals surface area (Å²) in [6.45, 7) is -0.114. The number of sulfonamides is 1. The van der Waals surface area contributed by atoms with E-state index in [0.717, 1.165) is 19.6 Å². The normalized spacial score (nSPS) is 19.7. The lowest BCUT2D eigenvalue weighted by Gasteiger charge is -2.28. The van der Waals surface area contributed by atoms with Crippen LogP contribution in [0.25, 0.3) is 10.4 Å². The zero-order valence-corrected chi connectivity index (χ0v) is 24.2. The standard InChI is InChI=1S/C29H26N4O5S3/c34-24-18-33(41(37,38)26-7-1-2-13-30-26)23-12-14-32(27(23)24)29(36)22(17-21-5-3-15-39-21)31-28(35)20-10-8-19(9-11-20)25-6-4-16-40-25/h1-11,13,15-16,22-23,27H,12,14,17-18H2,(H,31,35). The highest BCUT2D eigenvalue weighted by Gasteiger charge is 2.54. The van der Waals surface area contributed by atoms with E-state index in [4.69, 9.17) is 0 Å². The van der Waals surface area contributed by atoms with Crippen LogP contribution >= 0.6 is 22.7 Å². The Labute approximate surface area is 245 Å². The summed E-state index contributed by atoms with van der Waals surface area (Å²) in [7, 11) is -4.02. The molecular weight excluding hydrogens is 581 g/mol. The number of Topliss-reactive ketones (excluding diaryl/α,β-unsaturated/α-hetero) is 1. The highest BCUT2D eigenvalue weighted by Crippen LogP contribution is 2.34. The Kier molecular flexibility index (Phi) is 7.56. The monoisotopic (exact) mass is 606 g/mol. The lowest BCUT2D eigenvalue weighted by Crippen LogP contribution is -2.53. The molecule has 0 saturated carbocycles. The van der Waals surface area contributed by atoms with Crippen molar-refractivity contribution in [3.8, 4) is 10.4 Å². The summed E-state index contributed by atoms with van der Waals surface area (Å²) >= 11 is 3.08. The van der Waals surface area contributed by atoms with Crippen LogP contribution in [0, 0.1) is 0 Å². The number of amides is 2. The van der Waals surface area contributed by atoms with Crippen molar-refractivity contribution < 1.29 is 22.8 Å². The number of rotatable bonds is 8. The molecule has 2 saturated heterocycles. The summed E-state index contributed by atoms with van der Waals surface area (Å²) < 4.78 is 27.8. The number of carbonyl (C=O) groups is 3. The van der Waals surface area contributed by atoms with Gasteiger partial charge in [0.25, 0.3) is 15.9 Å². The van der Waals surface area contributed by atoms with Crippen molar-refractivity contribution in [2.75, 3.05) is 13.1 Å². The number of aromatic nitrogens is 1. The molecule has 3 unspecified atom stereocenters. The van der Waals surface area contributed by atoms with E-state index in [1.807, 2.05) is 47.2 Å². The maximum atomic E-state index is 13.9. The third-order valence-corrected chi connectivity index (χ3v) is 11.0. The molecule has 0 radical (unpaired) electrons. The molecule has 3 aromatic heterocycles. The van der Waals surface area contributed by atoms with Gasteiger partial charge in [-0.2, -0.15) is 4.31 Å². The minimum atomic E-state index is -4.02. The highest BCUT2D eigenvalue weighted by molar-refractivity contribution is 7.89. The van der Waals surface area contributed by atoms with Crippen molar-refractivity contribution in [3.63, 3.8) is 0 Å².